The van der Waals surface area contributed by atoms with Gasteiger partial charge in [0, 0.05) is 12.0 Å². The Balaban J connectivity index is 1.82. The number of oxime groups is 1. The zero-order chi connectivity index (χ0) is 13.9. The maximum Gasteiger partial charge on any atom is 0.181 e. The molecule has 0 aliphatic carbocycles. The van der Waals surface area contributed by atoms with Crippen LogP contribution >= 0.6 is 0 Å². The molecule has 104 valence electrons. The molecule has 20 heavy (non-hydrogen) atoms. The Morgan fingerprint density at radius 1 is 1.30 bits per heavy atom. The Bertz CT molecular complexity index is 618. The van der Waals surface area contributed by atoms with Crippen LogP contribution in [0.5, 0.6) is 5.75 Å². The lowest BCUT2D eigenvalue weighted by Gasteiger charge is -2.16. The number of nitrogens with zero attached hydrogens (tertiary/aromatic N) is 4. The second-order valence-corrected chi connectivity index (χ2v) is 4.70. The maximum absolute atomic E-state index is 5.27. The summed E-state index contributed by atoms with van der Waals surface area (Å²) >= 11 is 0. The van der Waals surface area contributed by atoms with Crippen LogP contribution in [-0.4, -0.2) is 33.8 Å². The van der Waals surface area contributed by atoms with Crippen LogP contribution in [0.25, 0.3) is 11.4 Å². The molecule has 0 amide bonds. The highest BCUT2D eigenvalue weighted by Crippen LogP contribution is 2.19. The molecule has 1 atom stereocenters. The molecule has 0 saturated heterocycles. The first-order chi connectivity index (χ1) is 9.76. The van der Waals surface area contributed by atoms with E-state index in [9.17, 15) is 0 Å². The minimum Gasteiger partial charge on any atom is -0.497 e. The third kappa shape index (κ3) is 2.49. The Morgan fingerprint density at radius 2 is 2.10 bits per heavy atom. The van der Waals surface area contributed by atoms with E-state index in [1.165, 1.54) is 0 Å². The first-order valence-electron chi connectivity index (χ1n) is 6.55. The van der Waals surface area contributed by atoms with Crippen LogP contribution in [0.15, 0.2) is 35.7 Å². The Morgan fingerprint density at radius 3 is 2.75 bits per heavy atom. The van der Waals surface area contributed by atoms with E-state index < -0.39 is 0 Å². The lowest BCUT2D eigenvalue weighted by Crippen LogP contribution is -2.21. The predicted molar refractivity (Wildman–Crippen MR) is 74.6 cm³/mol. The van der Waals surface area contributed by atoms with E-state index in [0.717, 1.165) is 30.0 Å². The van der Waals surface area contributed by atoms with Gasteiger partial charge < -0.3 is 9.57 Å². The first kappa shape index (κ1) is 12.7. The van der Waals surface area contributed by atoms with Crippen molar-refractivity contribution in [2.45, 2.75) is 25.9 Å². The van der Waals surface area contributed by atoms with Crippen molar-refractivity contribution in [3.8, 4) is 17.1 Å². The standard InChI is InChI=1S/C14H16N4O2/c1-10-3-8-13(17-20-10)18-9-15-14(16-18)11-4-6-12(19-2)7-5-11/h4-7,9-10H,3,8H2,1-2H3. The highest BCUT2D eigenvalue weighted by molar-refractivity contribution is 5.83. The Hall–Kier alpha value is -2.37. The summed E-state index contributed by atoms with van der Waals surface area (Å²) in [6, 6.07) is 7.64. The van der Waals surface area contributed by atoms with E-state index in [0.29, 0.717) is 5.82 Å². The van der Waals surface area contributed by atoms with Gasteiger partial charge in [0.15, 0.2) is 11.7 Å². The number of hydrogen-bond acceptors (Lipinski definition) is 5. The lowest BCUT2D eigenvalue weighted by molar-refractivity contribution is 0.0553. The summed E-state index contributed by atoms with van der Waals surface area (Å²) in [5.41, 5.74) is 0.940. The number of methoxy groups -OCH3 is 1. The molecule has 2 heterocycles. The fourth-order valence-corrected chi connectivity index (χ4v) is 2.00. The fourth-order valence-electron chi connectivity index (χ4n) is 2.00. The minimum atomic E-state index is 0.170. The first-order valence-corrected chi connectivity index (χ1v) is 6.55. The molecule has 6 heteroatoms. The minimum absolute atomic E-state index is 0.170. The van der Waals surface area contributed by atoms with Crippen LogP contribution in [0.3, 0.4) is 0 Å². The zero-order valence-corrected chi connectivity index (χ0v) is 11.5. The second-order valence-electron chi connectivity index (χ2n) is 4.70. The number of rotatable bonds is 2. The average Bonchev–Trinajstić information content (AvgIpc) is 2.98. The summed E-state index contributed by atoms with van der Waals surface area (Å²) in [5.74, 6) is 2.26. The molecule has 6 nitrogen and oxygen atoms in total. The molecule has 0 saturated carbocycles. The normalized spacial score (nSPS) is 18.3. The second kappa shape index (κ2) is 5.32. The van der Waals surface area contributed by atoms with Crippen LogP contribution in [0.4, 0.5) is 0 Å². The van der Waals surface area contributed by atoms with E-state index in [2.05, 4.69) is 15.2 Å². The molecule has 0 bridgehead atoms. The van der Waals surface area contributed by atoms with Gasteiger partial charge in [-0.05, 0) is 37.6 Å². The van der Waals surface area contributed by atoms with Gasteiger partial charge in [-0.15, -0.1) is 5.10 Å². The summed E-state index contributed by atoms with van der Waals surface area (Å²) in [6.45, 7) is 2.00. The maximum atomic E-state index is 5.27. The van der Waals surface area contributed by atoms with Gasteiger partial charge in [-0.3, -0.25) is 0 Å². The van der Waals surface area contributed by atoms with Crippen LogP contribution in [0.2, 0.25) is 0 Å². The molecule has 3 rings (SSSR count). The van der Waals surface area contributed by atoms with Gasteiger partial charge in [-0.1, -0.05) is 5.16 Å². The zero-order valence-electron chi connectivity index (χ0n) is 11.5. The highest BCUT2D eigenvalue weighted by atomic mass is 16.6. The summed E-state index contributed by atoms with van der Waals surface area (Å²) in [5, 5.41) is 8.51. The molecule has 0 fully saturated rings. The topological polar surface area (TPSA) is 61.5 Å². The van der Waals surface area contributed by atoms with Crippen LogP contribution in [0, 0.1) is 0 Å². The molecule has 0 radical (unpaired) electrons. The predicted octanol–water partition coefficient (Wildman–Crippen LogP) is 2.31. The van der Waals surface area contributed by atoms with Crippen molar-refractivity contribution in [2.24, 2.45) is 5.16 Å². The van der Waals surface area contributed by atoms with E-state index in [-0.39, 0.29) is 6.10 Å². The molecule has 1 aromatic carbocycles. The number of aromatic nitrogens is 3. The van der Waals surface area contributed by atoms with Gasteiger partial charge in [-0.25, -0.2) is 9.67 Å². The van der Waals surface area contributed by atoms with Crippen LogP contribution < -0.4 is 4.74 Å². The number of ether oxygens (including phenoxy) is 1. The average molecular weight is 272 g/mol. The summed E-state index contributed by atoms with van der Waals surface area (Å²) < 4.78 is 6.81. The van der Waals surface area contributed by atoms with Crippen molar-refractivity contribution < 1.29 is 9.57 Å². The van der Waals surface area contributed by atoms with Crippen molar-refractivity contribution in [1.29, 1.82) is 0 Å². The van der Waals surface area contributed by atoms with Gasteiger partial charge in [0.2, 0.25) is 0 Å². The third-order valence-electron chi connectivity index (χ3n) is 3.22. The molecule has 1 aliphatic heterocycles. The Kier molecular flexibility index (Phi) is 3.37. The van der Waals surface area contributed by atoms with Crippen molar-refractivity contribution in [1.82, 2.24) is 14.8 Å². The molecule has 0 spiro atoms. The summed E-state index contributed by atoms with van der Waals surface area (Å²) in [6.07, 6.45) is 3.62. The van der Waals surface area contributed by atoms with Crippen LogP contribution in [-0.2, 0) is 4.84 Å². The van der Waals surface area contributed by atoms with E-state index >= 15 is 0 Å². The van der Waals surface area contributed by atoms with E-state index in [4.69, 9.17) is 9.57 Å². The summed E-state index contributed by atoms with van der Waals surface area (Å²) in [4.78, 5) is 9.58. The summed E-state index contributed by atoms with van der Waals surface area (Å²) in [7, 11) is 1.64. The van der Waals surface area contributed by atoms with Gasteiger partial charge >= 0.3 is 0 Å². The molecule has 2 aromatic rings. The van der Waals surface area contributed by atoms with Crippen molar-refractivity contribution in [3.05, 3.63) is 30.6 Å². The highest BCUT2D eigenvalue weighted by Gasteiger charge is 2.16. The largest absolute Gasteiger partial charge is 0.497 e. The monoisotopic (exact) mass is 272 g/mol. The van der Waals surface area contributed by atoms with Gasteiger partial charge in [0.05, 0.1) is 7.11 Å². The number of hydrogen-bond donors (Lipinski definition) is 0. The Labute approximate surface area is 117 Å². The fraction of sp³-hybridized carbons (Fsp3) is 0.357. The molecular weight excluding hydrogens is 256 g/mol. The van der Waals surface area contributed by atoms with E-state index in [1.54, 1.807) is 18.1 Å². The molecular formula is C14H16N4O2. The molecule has 1 unspecified atom stereocenters. The third-order valence-corrected chi connectivity index (χ3v) is 3.22. The van der Waals surface area contributed by atoms with Crippen molar-refractivity contribution in [2.75, 3.05) is 7.11 Å². The molecule has 1 aliphatic rings. The van der Waals surface area contributed by atoms with Gasteiger partial charge in [-0.2, -0.15) is 0 Å². The smallest absolute Gasteiger partial charge is 0.181 e. The SMILES string of the molecule is COc1ccc(-c2ncn(C3=NOC(C)CC3)n2)cc1. The molecule has 1 aromatic heterocycles. The quantitative estimate of drug-likeness (QED) is 0.841. The van der Waals surface area contributed by atoms with Crippen molar-refractivity contribution in [3.63, 3.8) is 0 Å². The van der Waals surface area contributed by atoms with Gasteiger partial charge in [0.1, 0.15) is 18.2 Å². The lowest BCUT2D eigenvalue weighted by atomic mass is 10.2. The number of benzene rings is 1. The van der Waals surface area contributed by atoms with Crippen LogP contribution in [0.1, 0.15) is 19.8 Å². The van der Waals surface area contributed by atoms with Gasteiger partial charge in [0.25, 0.3) is 0 Å². The van der Waals surface area contributed by atoms with E-state index in [1.807, 2.05) is 31.2 Å². The molecule has 0 N–H and O–H groups in total. The van der Waals surface area contributed by atoms with Crippen molar-refractivity contribution >= 4 is 5.84 Å².